The third kappa shape index (κ3) is 2.59. The third-order valence-electron chi connectivity index (χ3n) is 4.61. The molecule has 1 fully saturated rings. The van der Waals surface area contributed by atoms with Crippen molar-refractivity contribution in [2.75, 3.05) is 0 Å². The molecule has 21 heavy (non-hydrogen) atoms. The molecule has 116 valence electrons. The maximum absolute atomic E-state index is 13.1. The molecule has 0 spiro atoms. The van der Waals surface area contributed by atoms with Crippen molar-refractivity contribution in [3.05, 3.63) is 22.4 Å². The van der Waals surface area contributed by atoms with E-state index in [1.54, 1.807) is 16.2 Å². The standard InChI is InChI=1S/C16H24N2O2S/c1-5-12-14(19)17-16(6-2,7-3)15(20)18(12)11(4)13-9-8-10-21-13/h8-12H,5-7H2,1-4H3,(H,17,19). The van der Waals surface area contributed by atoms with Crippen molar-refractivity contribution in [1.29, 1.82) is 0 Å². The van der Waals surface area contributed by atoms with Crippen molar-refractivity contribution in [2.24, 2.45) is 0 Å². The highest BCUT2D eigenvalue weighted by molar-refractivity contribution is 7.10. The quantitative estimate of drug-likeness (QED) is 0.908. The van der Waals surface area contributed by atoms with E-state index in [2.05, 4.69) is 5.32 Å². The van der Waals surface area contributed by atoms with Gasteiger partial charge in [-0.15, -0.1) is 11.3 Å². The summed E-state index contributed by atoms with van der Waals surface area (Å²) in [5.41, 5.74) is -0.742. The normalized spacial score (nSPS) is 23.0. The van der Waals surface area contributed by atoms with Gasteiger partial charge < -0.3 is 10.2 Å². The molecule has 1 aromatic rings. The monoisotopic (exact) mass is 308 g/mol. The van der Waals surface area contributed by atoms with Crippen LogP contribution in [0.5, 0.6) is 0 Å². The van der Waals surface area contributed by atoms with E-state index < -0.39 is 5.54 Å². The smallest absolute Gasteiger partial charge is 0.249 e. The summed E-state index contributed by atoms with van der Waals surface area (Å²) in [4.78, 5) is 28.5. The Hall–Kier alpha value is -1.36. The zero-order valence-corrected chi connectivity index (χ0v) is 14.0. The van der Waals surface area contributed by atoms with Gasteiger partial charge in [0.1, 0.15) is 11.6 Å². The lowest BCUT2D eigenvalue weighted by Gasteiger charge is -2.47. The molecule has 1 N–H and O–H groups in total. The van der Waals surface area contributed by atoms with Crippen molar-refractivity contribution in [1.82, 2.24) is 10.2 Å². The van der Waals surface area contributed by atoms with Crippen LogP contribution < -0.4 is 5.32 Å². The fourth-order valence-electron chi connectivity index (χ4n) is 3.11. The largest absolute Gasteiger partial charge is 0.340 e. The zero-order chi connectivity index (χ0) is 15.6. The average Bonchev–Trinajstić information content (AvgIpc) is 3.02. The first-order valence-electron chi connectivity index (χ1n) is 7.68. The maximum Gasteiger partial charge on any atom is 0.249 e. The maximum atomic E-state index is 13.1. The van der Waals surface area contributed by atoms with Gasteiger partial charge in [0, 0.05) is 4.88 Å². The van der Waals surface area contributed by atoms with E-state index >= 15 is 0 Å². The Kier molecular flexibility index (Phi) is 4.71. The first-order chi connectivity index (χ1) is 10.0. The summed E-state index contributed by atoms with van der Waals surface area (Å²) in [6.07, 6.45) is 1.88. The first-order valence-corrected chi connectivity index (χ1v) is 8.56. The summed E-state index contributed by atoms with van der Waals surface area (Å²) < 4.78 is 0. The van der Waals surface area contributed by atoms with E-state index in [9.17, 15) is 9.59 Å². The van der Waals surface area contributed by atoms with Gasteiger partial charge in [0.25, 0.3) is 0 Å². The Morgan fingerprint density at radius 1 is 1.33 bits per heavy atom. The van der Waals surface area contributed by atoms with Crippen LogP contribution in [0.4, 0.5) is 0 Å². The van der Waals surface area contributed by atoms with Crippen molar-refractivity contribution in [3.8, 4) is 0 Å². The van der Waals surface area contributed by atoms with Crippen LogP contribution in [0.2, 0.25) is 0 Å². The molecule has 0 aromatic carbocycles. The summed E-state index contributed by atoms with van der Waals surface area (Å²) in [6.45, 7) is 7.89. The lowest BCUT2D eigenvalue weighted by Crippen LogP contribution is -2.70. The fraction of sp³-hybridized carbons (Fsp3) is 0.625. The SMILES string of the molecule is CCC1C(=O)NC(CC)(CC)C(=O)N1C(C)c1cccs1. The van der Waals surface area contributed by atoms with E-state index in [1.807, 2.05) is 45.2 Å². The molecule has 1 aliphatic heterocycles. The van der Waals surface area contributed by atoms with Gasteiger partial charge >= 0.3 is 0 Å². The minimum Gasteiger partial charge on any atom is -0.340 e. The predicted octanol–water partition coefficient (Wildman–Crippen LogP) is 3.10. The van der Waals surface area contributed by atoms with Crippen LogP contribution >= 0.6 is 11.3 Å². The Balaban J connectivity index is 2.42. The Morgan fingerprint density at radius 2 is 2.00 bits per heavy atom. The number of thiophene rings is 1. The molecule has 5 heteroatoms. The molecule has 2 heterocycles. The van der Waals surface area contributed by atoms with Crippen LogP contribution in [-0.4, -0.2) is 28.3 Å². The van der Waals surface area contributed by atoms with E-state index in [0.29, 0.717) is 19.3 Å². The molecule has 1 aliphatic rings. The van der Waals surface area contributed by atoms with Crippen LogP contribution in [0.3, 0.4) is 0 Å². The van der Waals surface area contributed by atoms with Gasteiger partial charge in [-0.1, -0.05) is 26.8 Å². The van der Waals surface area contributed by atoms with Crippen LogP contribution in [0.15, 0.2) is 17.5 Å². The van der Waals surface area contributed by atoms with Gasteiger partial charge in [-0.3, -0.25) is 9.59 Å². The highest BCUT2D eigenvalue weighted by atomic mass is 32.1. The molecule has 2 atom stereocenters. The molecule has 0 saturated carbocycles. The molecular weight excluding hydrogens is 284 g/mol. The molecule has 0 aliphatic carbocycles. The van der Waals surface area contributed by atoms with Gasteiger partial charge in [-0.25, -0.2) is 0 Å². The van der Waals surface area contributed by atoms with Crippen LogP contribution in [0.1, 0.15) is 57.9 Å². The van der Waals surface area contributed by atoms with Gasteiger partial charge in [-0.2, -0.15) is 0 Å². The van der Waals surface area contributed by atoms with Crippen molar-refractivity contribution in [2.45, 2.75) is 64.6 Å². The Labute approximate surface area is 130 Å². The Bertz CT molecular complexity index is 508. The van der Waals surface area contributed by atoms with Crippen LogP contribution in [0.25, 0.3) is 0 Å². The predicted molar refractivity (Wildman–Crippen MR) is 85.1 cm³/mol. The lowest BCUT2D eigenvalue weighted by molar-refractivity contribution is -0.158. The molecule has 2 amide bonds. The minimum atomic E-state index is -0.742. The molecule has 1 saturated heterocycles. The molecule has 0 bridgehead atoms. The van der Waals surface area contributed by atoms with Crippen LogP contribution in [-0.2, 0) is 9.59 Å². The summed E-state index contributed by atoms with van der Waals surface area (Å²) in [6, 6.07) is 3.58. The van der Waals surface area contributed by atoms with Crippen molar-refractivity contribution < 1.29 is 9.59 Å². The summed E-state index contributed by atoms with van der Waals surface area (Å²) in [7, 11) is 0. The number of rotatable bonds is 5. The van der Waals surface area contributed by atoms with Gasteiger partial charge in [-0.05, 0) is 37.6 Å². The number of hydrogen-bond donors (Lipinski definition) is 1. The van der Waals surface area contributed by atoms with E-state index in [4.69, 9.17) is 0 Å². The number of nitrogens with one attached hydrogen (secondary N) is 1. The Morgan fingerprint density at radius 3 is 2.48 bits per heavy atom. The number of carbonyl (C=O) groups excluding carboxylic acids is 2. The second-order valence-corrected chi connectivity index (χ2v) is 6.59. The zero-order valence-electron chi connectivity index (χ0n) is 13.2. The van der Waals surface area contributed by atoms with Gasteiger partial charge in [0.2, 0.25) is 11.8 Å². The highest BCUT2D eigenvalue weighted by Gasteiger charge is 2.49. The minimum absolute atomic E-state index is 0.0239. The van der Waals surface area contributed by atoms with Crippen molar-refractivity contribution >= 4 is 23.2 Å². The molecule has 4 nitrogen and oxygen atoms in total. The fourth-order valence-corrected chi connectivity index (χ4v) is 3.89. The molecular formula is C16H24N2O2S. The lowest BCUT2D eigenvalue weighted by atomic mass is 9.85. The second kappa shape index (κ2) is 6.18. The molecule has 2 unspecified atom stereocenters. The first kappa shape index (κ1) is 16.0. The summed E-state index contributed by atoms with van der Waals surface area (Å²) >= 11 is 1.63. The number of amides is 2. The van der Waals surface area contributed by atoms with Crippen molar-refractivity contribution in [3.63, 3.8) is 0 Å². The molecule has 0 radical (unpaired) electrons. The topological polar surface area (TPSA) is 49.4 Å². The summed E-state index contributed by atoms with van der Waals surface area (Å²) in [5, 5.41) is 4.99. The molecule has 1 aromatic heterocycles. The van der Waals surface area contributed by atoms with Gasteiger partial charge in [0.05, 0.1) is 6.04 Å². The molecule has 2 rings (SSSR count). The summed E-state index contributed by atoms with van der Waals surface area (Å²) in [5.74, 6) is 0.0315. The number of piperazine rings is 1. The number of hydrogen-bond acceptors (Lipinski definition) is 3. The third-order valence-corrected chi connectivity index (χ3v) is 5.65. The highest BCUT2D eigenvalue weighted by Crippen LogP contribution is 2.34. The number of carbonyl (C=O) groups is 2. The van der Waals surface area contributed by atoms with E-state index in [-0.39, 0.29) is 23.9 Å². The average molecular weight is 308 g/mol. The van der Waals surface area contributed by atoms with Gasteiger partial charge in [0.15, 0.2) is 0 Å². The second-order valence-electron chi connectivity index (χ2n) is 5.61. The van der Waals surface area contributed by atoms with Crippen LogP contribution in [0, 0.1) is 0 Å². The van der Waals surface area contributed by atoms with E-state index in [0.717, 1.165) is 4.88 Å². The number of nitrogens with zero attached hydrogens (tertiary/aromatic N) is 1. The van der Waals surface area contributed by atoms with E-state index in [1.165, 1.54) is 0 Å².